The largest absolute Gasteiger partial charge is 0.418 e. The van der Waals surface area contributed by atoms with Crippen LogP contribution in [0.5, 0.6) is 0 Å². The van der Waals surface area contributed by atoms with E-state index in [1.54, 1.807) is 0 Å². The molecular weight excluding hydrogens is 299 g/mol. The maximum absolute atomic E-state index is 12.8. The predicted octanol–water partition coefficient (Wildman–Crippen LogP) is 3.24. The predicted molar refractivity (Wildman–Crippen MR) is 60.7 cm³/mol. The first kappa shape index (κ1) is 12.0. The topological polar surface area (TPSA) is 43.8 Å². The average Bonchev–Trinajstić information content (AvgIpc) is 2.63. The van der Waals surface area contributed by atoms with Crippen molar-refractivity contribution in [2.24, 2.45) is 0 Å². The minimum absolute atomic E-state index is 0.0580. The first-order valence-electron chi connectivity index (χ1n) is 4.56. The summed E-state index contributed by atoms with van der Waals surface area (Å²) >= 11 is 3.01. The van der Waals surface area contributed by atoms with Gasteiger partial charge in [-0.2, -0.15) is 18.3 Å². The van der Waals surface area contributed by atoms with Crippen LogP contribution in [0.1, 0.15) is 5.56 Å². The normalized spacial score (nSPS) is 11.8. The highest BCUT2D eigenvalue weighted by molar-refractivity contribution is 9.10. The number of hydrogen-bond acceptors (Lipinski definition) is 2. The third-order valence-electron chi connectivity index (χ3n) is 2.12. The molecule has 0 bridgehead atoms. The second kappa shape index (κ2) is 4.06. The Morgan fingerprint density at radius 3 is 2.47 bits per heavy atom. The highest BCUT2D eigenvalue weighted by Gasteiger charge is 2.34. The molecule has 0 atom stereocenters. The molecule has 1 heterocycles. The van der Waals surface area contributed by atoms with Crippen molar-refractivity contribution in [1.82, 2.24) is 9.78 Å². The maximum atomic E-state index is 12.8. The Balaban J connectivity index is 2.61. The van der Waals surface area contributed by atoms with Gasteiger partial charge < -0.3 is 5.73 Å². The molecular formula is C10H7BrF3N3. The molecule has 0 spiro atoms. The SMILES string of the molecule is Nc1ccn(-c2ccc(Br)cc2C(F)(F)F)n1. The maximum Gasteiger partial charge on any atom is 0.418 e. The molecule has 1 aromatic heterocycles. The summed E-state index contributed by atoms with van der Waals surface area (Å²) in [6, 6.07) is 5.29. The van der Waals surface area contributed by atoms with Gasteiger partial charge in [0.2, 0.25) is 0 Å². The molecule has 17 heavy (non-hydrogen) atoms. The van der Waals surface area contributed by atoms with E-state index < -0.39 is 11.7 Å². The number of nitrogens with two attached hydrogens (primary N) is 1. The fraction of sp³-hybridized carbons (Fsp3) is 0.100. The lowest BCUT2D eigenvalue weighted by atomic mass is 10.1. The molecule has 0 aliphatic rings. The molecule has 0 saturated carbocycles. The Morgan fingerprint density at radius 1 is 1.24 bits per heavy atom. The van der Waals surface area contributed by atoms with Gasteiger partial charge in [-0.3, -0.25) is 0 Å². The first-order valence-corrected chi connectivity index (χ1v) is 5.35. The van der Waals surface area contributed by atoms with Crippen LogP contribution in [0.25, 0.3) is 5.69 Å². The second-order valence-electron chi connectivity index (χ2n) is 3.34. The standard InChI is InChI=1S/C10H7BrF3N3/c11-6-1-2-8(7(5-6)10(12,13)14)17-4-3-9(15)16-17/h1-5H,(H2,15,16). The van der Waals surface area contributed by atoms with Crippen molar-refractivity contribution in [3.05, 3.63) is 40.5 Å². The summed E-state index contributed by atoms with van der Waals surface area (Å²) < 4.78 is 39.9. The molecule has 3 nitrogen and oxygen atoms in total. The van der Waals surface area contributed by atoms with Crippen LogP contribution >= 0.6 is 15.9 Å². The Kier molecular flexibility index (Phi) is 2.86. The minimum atomic E-state index is -4.44. The van der Waals surface area contributed by atoms with E-state index in [4.69, 9.17) is 5.73 Å². The van der Waals surface area contributed by atoms with Gasteiger partial charge in [0.1, 0.15) is 5.82 Å². The molecule has 90 valence electrons. The van der Waals surface area contributed by atoms with Crippen LogP contribution in [0, 0.1) is 0 Å². The van der Waals surface area contributed by atoms with E-state index in [9.17, 15) is 13.2 Å². The highest BCUT2D eigenvalue weighted by atomic mass is 79.9. The van der Waals surface area contributed by atoms with Crippen molar-refractivity contribution < 1.29 is 13.2 Å². The number of halogens is 4. The molecule has 0 aliphatic heterocycles. The zero-order valence-electron chi connectivity index (χ0n) is 8.37. The lowest BCUT2D eigenvalue weighted by Gasteiger charge is -2.13. The van der Waals surface area contributed by atoms with E-state index in [2.05, 4.69) is 21.0 Å². The lowest BCUT2D eigenvalue weighted by Crippen LogP contribution is -2.11. The van der Waals surface area contributed by atoms with Gasteiger partial charge >= 0.3 is 6.18 Å². The Morgan fingerprint density at radius 2 is 1.94 bits per heavy atom. The molecule has 0 saturated heterocycles. The number of hydrogen-bond donors (Lipinski definition) is 1. The number of alkyl halides is 3. The molecule has 0 radical (unpaired) electrons. The number of nitrogen functional groups attached to an aromatic ring is 1. The van der Waals surface area contributed by atoms with Crippen LogP contribution in [0.4, 0.5) is 19.0 Å². The van der Waals surface area contributed by atoms with Gasteiger partial charge in [-0.05, 0) is 18.2 Å². The first-order chi connectivity index (χ1) is 7.88. The van der Waals surface area contributed by atoms with Gasteiger partial charge in [0.15, 0.2) is 0 Å². The van der Waals surface area contributed by atoms with Gasteiger partial charge in [0.05, 0.1) is 11.3 Å². The van der Waals surface area contributed by atoms with Gasteiger partial charge in [-0.15, -0.1) is 0 Å². The van der Waals surface area contributed by atoms with Gasteiger partial charge in [-0.25, -0.2) is 4.68 Å². The van der Waals surface area contributed by atoms with Crippen molar-refractivity contribution in [2.75, 3.05) is 5.73 Å². The smallest absolute Gasteiger partial charge is 0.382 e. The summed E-state index contributed by atoms with van der Waals surface area (Å²) in [7, 11) is 0. The lowest BCUT2D eigenvalue weighted by molar-refractivity contribution is -0.137. The quantitative estimate of drug-likeness (QED) is 0.879. The van der Waals surface area contributed by atoms with E-state index in [1.165, 1.54) is 24.4 Å². The Bertz CT molecular complexity index is 548. The number of aromatic nitrogens is 2. The molecule has 2 N–H and O–H groups in total. The monoisotopic (exact) mass is 305 g/mol. The summed E-state index contributed by atoms with van der Waals surface area (Å²) in [5.74, 6) is 0.168. The molecule has 2 rings (SSSR count). The summed E-state index contributed by atoms with van der Waals surface area (Å²) in [6.45, 7) is 0. The Labute approximate surface area is 103 Å². The second-order valence-corrected chi connectivity index (χ2v) is 4.26. The van der Waals surface area contributed by atoms with Crippen molar-refractivity contribution in [3.8, 4) is 5.69 Å². The van der Waals surface area contributed by atoms with E-state index in [1.807, 2.05) is 0 Å². The number of anilines is 1. The van der Waals surface area contributed by atoms with Gasteiger partial charge in [-0.1, -0.05) is 15.9 Å². The van der Waals surface area contributed by atoms with Crippen molar-refractivity contribution in [3.63, 3.8) is 0 Å². The molecule has 0 amide bonds. The molecule has 0 aliphatic carbocycles. The van der Waals surface area contributed by atoms with Crippen molar-refractivity contribution in [1.29, 1.82) is 0 Å². The highest BCUT2D eigenvalue weighted by Crippen LogP contribution is 2.35. The van der Waals surface area contributed by atoms with Gasteiger partial charge in [0, 0.05) is 16.7 Å². The zero-order valence-corrected chi connectivity index (χ0v) is 9.96. The van der Waals surface area contributed by atoms with Crippen molar-refractivity contribution >= 4 is 21.7 Å². The summed E-state index contributed by atoms with van der Waals surface area (Å²) in [6.07, 6.45) is -3.06. The minimum Gasteiger partial charge on any atom is -0.382 e. The molecule has 0 fully saturated rings. The molecule has 1 aromatic carbocycles. The summed E-state index contributed by atoms with van der Waals surface area (Å²) in [5.41, 5.74) is 4.56. The molecule has 2 aromatic rings. The molecule has 0 unspecified atom stereocenters. The third-order valence-corrected chi connectivity index (χ3v) is 2.61. The fourth-order valence-electron chi connectivity index (χ4n) is 1.41. The van der Waals surface area contributed by atoms with E-state index in [0.717, 1.165) is 10.7 Å². The van der Waals surface area contributed by atoms with Crippen LogP contribution in [0.3, 0.4) is 0 Å². The van der Waals surface area contributed by atoms with E-state index in [0.29, 0.717) is 4.47 Å². The van der Waals surface area contributed by atoms with Crippen LogP contribution in [-0.2, 0) is 6.18 Å². The zero-order chi connectivity index (χ0) is 12.6. The molecule has 7 heteroatoms. The van der Waals surface area contributed by atoms with Crippen molar-refractivity contribution in [2.45, 2.75) is 6.18 Å². The fourth-order valence-corrected chi connectivity index (χ4v) is 1.77. The third kappa shape index (κ3) is 2.44. The number of rotatable bonds is 1. The van der Waals surface area contributed by atoms with Crippen LogP contribution < -0.4 is 5.73 Å². The number of nitrogens with zero attached hydrogens (tertiary/aromatic N) is 2. The van der Waals surface area contributed by atoms with E-state index in [-0.39, 0.29) is 11.5 Å². The van der Waals surface area contributed by atoms with Crippen LogP contribution in [0.15, 0.2) is 34.9 Å². The van der Waals surface area contributed by atoms with E-state index >= 15 is 0 Å². The van der Waals surface area contributed by atoms with Crippen LogP contribution in [0.2, 0.25) is 0 Å². The van der Waals surface area contributed by atoms with Crippen LogP contribution in [-0.4, -0.2) is 9.78 Å². The average molecular weight is 306 g/mol. The summed E-state index contributed by atoms with van der Waals surface area (Å²) in [5, 5.41) is 3.76. The van der Waals surface area contributed by atoms with Gasteiger partial charge in [0.25, 0.3) is 0 Å². The summed E-state index contributed by atoms with van der Waals surface area (Å²) in [4.78, 5) is 0. The number of benzene rings is 1. The Hall–Kier alpha value is -1.50.